The number of Topliss-reactive ketones (excluding diaryl/α,β-unsaturated/α-hetero) is 1. The normalized spacial score (nSPS) is 19.3. The number of benzene rings is 3. The summed E-state index contributed by atoms with van der Waals surface area (Å²) in [7, 11) is 0. The summed E-state index contributed by atoms with van der Waals surface area (Å²) in [4.78, 5) is 13.2. The average Bonchev–Trinajstić information content (AvgIpc) is 3.26. The van der Waals surface area contributed by atoms with Crippen molar-refractivity contribution < 1.29 is 13.9 Å². The zero-order valence-corrected chi connectivity index (χ0v) is 20.6. The third kappa shape index (κ3) is 6.24. The van der Waals surface area contributed by atoms with Crippen LogP contribution in [0.15, 0.2) is 91.0 Å². The summed E-state index contributed by atoms with van der Waals surface area (Å²) < 4.78 is 18.3. The van der Waals surface area contributed by atoms with Gasteiger partial charge in [0.25, 0.3) is 6.57 Å². The van der Waals surface area contributed by atoms with Crippen LogP contribution in [0.4, 0.5) is 0 Å². The number of carbonyl (C=O) groups is 1. The van der Waals surface area contributed by atoms with E-state index in [0.29, 0.717) is 25.2 Å². The molecule has 0 amide bonds. The van der Waals surface area contributed by atoms with Gasteiger partial charge in [-0.1, -0.05) is 102 Å². The zero-order valence-electron chi connectivity index (χ0n) is 18.9. The van der Waals surface area contributed by atoms with E-state index in [4.69, 9.17) is 4.52 Å². The van der Waals surface area contributed by atoms with E-state index in [9.17, 15) is 9.36 Å². The summed E-state index contributed by atoms with van der Waals surface area (Å²) in [5.41, 5.74) is 2.98. The lowest BCUT2D eigenvalue weighted by Crippen LogP contribution is -2.53. The van der Waals surface area contributed by atoms with Gasteiger partial charge >= 0.3 is 0 Å². The lowest BCUT2D eigenvalue weighted by molar-refractivity contribution is -0.119. The highest BCUT2D eigenvalue weighted by Crippen LogP contribution is 2.63. The highest BCUT2D eigenvalue weighted by atomic mass is 32.7. The Morgan fingerprint density at radius 3 is 1.94 bits per heavy atom. The summed E-state index contributed by atoms with van der Waals surface area (Å²) in [6.07, 6.45) is 1.40. The first-order valence-corrected chi connectivity index (χ1v) is 14.7. The van der Waals surface area contributed by atoms with Crippen molar-refractivity contribution in [1.82, 2.24) is 5.32 Å². The van der Waals surface area contributed by atoms with Gasteiger partial charge in [-0.05, 0) is 36.5 Å². The van der Waals surface area contributed by atoms with Gasteiger partial charge in [-0.2, -0.15) is 0 Å². The molecule has 1 saturated heterocycles. The molecule has 1 fully saturated rings. The molecule has 172 valence electrons. The largest absolute Gasteiger partial charge is 0.320 e. The van der Waals surface area contributed by atoms with Crippen LogP contribution in [0.1, 0.15) is 23.6 Å². The SMILES string of the molecule is C[C@H](NC(Cc1ccccc1)(Cc1ccccc1)c1ccccc1)C(=O)CP1(=O)OCCS1. The third-order valence-corrected chi connectivity index (χ3v) is 10.5. The van der Waals surface area contributed by atoms with E-state index in [0.717, 1.165) is 5.56 Å². The maximum Gasteiger partial charge on any atom is 0.265 e. The molecule has 0 aliphatic carbocycles. The number of nitrogens with one attached hydrogen (secondary N) is 1. The second kappa shape index (κ2) is 10.8. The quantitative estimate of drug-likeness (QED) is 0.369. The Kier molecular flexibility index (Phi) is 7.87. The fourth-order valence-electron chi connectivity index (χ4n) is 4.40. The summed E-state index contributed by atoms with van der Waals surface area (Å²) in [5.74, 6) is 0.608. The number of carbonyl (C=O) groups excluding carboxylic acids is 1. The van der Waals surface area contributed by atoms with Crippen LogP contribution in [0.25, 0.3) is 0 Å². The summed E-state index contributed by atoms with van der Waals surface area (Å²) in [5, 5.41) is 3.70. The lowest BCUT2D eigenvalue weighted by Gasteiger charge is -2.38. The molecule has 1 heterocycles. The summed E-state index contributed by atoms with van der Waals surface area (Å²) in [6.45, 7) is -0.594. The van der Waals surface area contributed by atoms with E-state index in [-0.39, 0.29) is 11.9 Å². The molecule has 4 rings (SSSR count). The minimum Gasteiger partial charge on any atom is -0.320 e. The molecule has 1 N–H and O–H groups in total. The van der Waals surface area contributed by atoms with Crippen LogP contribution in [0.5, 0.6) is 0 Å². The van der Waals surface area contributed by atoms with Crippen molar-refractivity contribution >= 4 is 23.7 Å². The Morgan fingerprint density at radius 2 is 1.45 bits per heavy atom. The molecule has 0 radical (unpaired) electrons. The van der Waals surface area contributed by atoms with Crippen molar-refractivity contribution in [3.8, 4) is 0 Å². The minimum absolute atomic E-state index is 0.0343. The van der Waals surface area contributed by atoms with E-state index in [1.807, 2.05) is 61.5 Å². The second-order valence-electron chi connectivity index (χ2n) is 8.54. The fraction of sp³-hybridized carbons (Fsp3) is 0.296. The van der Waals surface area contributed by atoms with Crippen LogP contribution in [-0.2, 0) is 32.3 Å². The number of hydrogen-bond donors (Lipinski definition) is 1. The van der Waals surface area contributed by atoms with Gasteiger partial charge in [-0.15, -0.1) is 0 Å². The van der Waals surface area contributed by atoms with Gasteiger partial charge < -0.3 is 4.52 Å². The van der Waals surface area contributed by atoms with Crippen molar-refractivity contribution in [3.63, 3.8) is 0 Å². The number of hydrogen-bond acceptors (Lipinski definition) is 5. The molecule has 0 spiro atoms. The van der Waals surface area contributed by atoms with Crippen molar-refractivity contribution in [3.05, 3.63) is 108 Å². The van der Waals surface area contributed by atoms with Gasteiger partial charge in [0.15, 0.2) is 5.78 Å². The lowest BCUT2D eigenvalue weighted by atomic mass is 9.78. The molecule has 3 aromatic carbocycles. The summed E-state index contributed by atoms with van der Waals surface area (Å²) in [6, 6.07) is 30.5. The van der Waals surface area contributed by atoms with Crippen molar-refractivity contribution in [2.45, 2.75) is 31.3 Å². The predicted octanol–water partition coefficient (Wildman–Crippen LogP) is 5.87. The van der Waals surface area contributed by atoms with Gasteiger partial charge in [0.1, 0.15) is 0 Å². The predicted molar refractivity (Wildman–Crippen MR) is 137 cm³/mol. The molecule has 4 nitrogen and oxygen atoms in total. The van der Waals surface area contributed by atoms with E-state index in [1.165, 1.54) is 22.5 Å². The molecule has 6 heteroatoms. The minimum atomic E-state index is -2.92. The molecule has 1 aliphatic heterocycles. The Morgan fingerprint density at radius 1 is 0.939 bits per heavy atom. The molecule has 0 bridgehead atoms. The molecular weight excluding hydrogens is 449 g/mol. The molecule has 3 aromatic rings. The van der Waals surface area contributed by atoms with Crippen LogP contribution >= 0.6 is 18.0 Å². The second-order valence-corrected chi connectivity index (χ2v) is 13.4. The molecule has 0 saturated carbocycles. The Hall–Kier alpha value is -2.17. The van der Waals surface area contributed by atoms with E-state index >= 15 is 0 Å². The van der Waals surface area contributed by atoms with Crippen molar-refractivity contribution in [2.24, 2.45) is 0 Å². The Bertz CT molecular complexity index is 1040. The fourth-order valence-corrected chi connectivity index (χ4v) is 8.40. The smallest absolute Gasteiger partial charge is 0.265 e. The van der Waals surface area contributed by atoms with Crippen LogP contribution in [-0.4, -0.2) is 30.3 Å². The maximum absolute atomic E-state index is 13.2. The average molecular weight is 480 g/mol. The van der Waals surface area contributed by atoms with Gasteiger partial charge in [-0.3, -0.25) is 14.7 Å². The number of rotatable bonds is 10. The van der Waals surface area contributed by atoms with Crippen LogP contribution in [0.2, 0.25) is 0 Å². The Labute approximate surface area is 200 Å². The first-order chi connectivity index (χ1) is 16.0. The standard InChI is InChI=1S/C27H30NO3PS/c1-22(26(29)21-32(30)31-17-18-33-32)28-27(25-15-9-4-10-16-25,19-23-11-5-2-6-12-23)20-24-13-7-3-8-14-24/h2-16,22,28H,17-21H2,1H3/t22-,32?/m0/s1. The van der Waals surface area contributed by atoms with Gasteiger partial charge in [-0.25, -0.2) is 0 Å². The van der Waals surface area contributed by atoms with Crippen molar-refractivity contribution in [1.29, 1.82) is 0 Å². The molecule has 0 aromatic heterocycles. The Balaban J connectivity index is 1.69. The highest BCUT2D eigenvalue weighted by molar-refractivity contribution is 8.57. The topological polar surface area (TPSA) is 55.4 Å². The maximum atomic E-state index is 13.2. The molecule has 1 aliphatic rings. The van der Waals surface area contributed by atoms with E-state index < -0.39 is 18.2 Å². The van der Waals surface area contributed by atoms with Crippen LogP contribution in [0, 0.1) is 0 Å². The van der Waals surface area contributed by atoms with Gasteiger partial charge in [0, 0.05) is 5.75 Å². The van der Waals surface area contributed by atoms with Gasteiger partial charge in [0.05, 0.1) is 24.3 Å². The monoisotopic (exact) mass is 479 g/mol. The van der Waals surface area contributed by atoms with E-state index in [2.05, 4.69) is 41.7 Å². The third-order valence-electron chi connectivity index (χ3n) is 6.01. The van der Waals surface area contributed by atoms with Crippen molar-refractivity contribution in [2.75, 3.05) is 18.5 Å². The van der Waals surface area contributed by atoms with Crippen LogP contribution in [0.3, 0.4) is 0 Å². The first kappa shape index (κ1) is 24.0. The molecule has 1 unspecified atom stereocenters. The number of ketones is 1. The molecule has 2 atom stereocenters. The van der Waals surface area contributed by atoms with E-state index in [1.54, 1.807) is 0 Å². The first-order valence-electron chi connectivity index (χ1n) is 11.3. The van der Waals surface area contributed by atoms with Gasteiger partial charge in [0.2, 0.25) is 0 Å². The summed E-state index contributed by atoms with van der Waals surface area (Å²) >= 11 is 1.29. The van der Waals surface area contributed by atoms with Crippen LogP contribution < -0.4 is 5.32 Å². The molecular formula is C27H30NO3PS. The molecule has 33 heavy (non-hydrogen) atoms. The zero-order chi connectivity index (χ0) is 23.2. The highest BCUT2D eigenvalue weighted by Gasteiger charge is 2.38.